The quantitative estimate of drug-likeness (QED) is 0.529. The monoisotopic (exact) mass is 468 g/mol. The van der Waals surface area contributed by atoms with E-state index >= 15 is 0 Å². The number of hydrogen-bond donors (Lipinski definition) is 3. The summed E-state index contributed by atoms with van der Waals surface area (Å²) in [4.78, 5) is 4.16. The summed E-state index contributed by atoms with van der Waals surface area (Å²) in [7, 11) is -5.03. The Kier molecular flexibility index (Phi) is 6.16. The van der Waals surface area contributed by atoms with E-state index in [0.29, 0.717) is 17.9 Å². The van der Waals surface area contributed by atoms with Crippen LogP contribution in [0.25, 0.3) is 0 Å². The van der Waals surface area contributed by atoms with Gasteiger partial charge in [-0.1, -0.05) is 13.0 Å². The van der Waals surface area contributed by atoms with Gasteiger partial charge < -0.3 is 14.8 Å². The molecule has 3 rings (SSSR count). The lowest BCUT2D eigenvalue weighted by molar-refractivity contribution is 0.442. The van der Waals surface area contributed by atoms with Gasteiger partial charge in [0.15, 0.2) is 11.6 Å². The normalized spacial score (nSPS) is 18.1. The predicted octanol–water partition coefficient (Wildman–Crippen LogP) is 2.28. The first kappa shape index (κ1) is 22.8. The first-order valence-corrected chi connectivity index (χ1v) is 12.3. The molecule has 0 saturated heterocycles. The van der Waals surface area contributed by atoms with Gasteiger partial charge in [-0.2, -0.15) is 0 Å². The maximum absolute atomic E-state index is 12.4. The van der Waals surface area contributed by atoms with E-state index in [9.17, 15) is 21.9 Å². The molecule has 1 aromatic carbocycles. The summed E-state index contributed by atoms with van der Waals surface area (Å²) < 4.78 is 58.1. The number of hydrogen-bond acceptors (Lipinski definition) is 8. The van der Waals surface area contributed by atoms with Crippen molar-refractivity contribution in [3.63, 3.8) is 0 Å². The largest absolute Gasteiger partial charge is 0.504 e. The lowest BCUT2D eigenvalue weighted by Crippen LogP contribution is -2.26. The highest BCUT2D eigenvalue weighted by Crippen LogP contribution is 2.34. The maximum atomic E-state index is 12.4. The van der Waals surface area contributed by atoms with Crippen LogP contribution in [-0.2, 0) is 20.0 Å². The zero-order chi connectivity index (χ0) is 23.0. The zero-order valence-electron chi connectivity index (χ0n) is 17.4. The van der Waals surface area contributed by atoms with Gasteiger partial charge in [0.2, 0.25) is 10.0 Å². The van der Waals surface area contributed by atoms with E-state index in [1.807, 2.05) is 6.92 Å². The van der Waals surface area contributed by atoms with Crippen LogP contribution in [0, 0.1) is 6.92 Å². The molecule has 31 heavy (non-hydrogen) atoms. The van der Waals surface area contributed by atoms with Crippen molar-refractivity contribution in [1.82, 2.24) is 9.03 Å². The molecule has 0 unspecified atom stereocenters. The highest BCUT2D eigenvalue weighted by atomic mass is 32.2. The molecule has 12 heteroatoms. The van der Waals surface area contributed by atoms with Crippen molar-refractivity contribution in [2.24, 2.45) is 4.99 Å². The van der Waals surface area contributed by atoms with Crippen molar-refractivity contribution in [1.29, 1.82) is 0 Å². The van der Waals surface area contributed by atoms with Crippen molar-refractivity contribution in [3.8, 4) is 5.75 Å². The third kappa shape index (κ3) is 4.75. The number of sulfonamides is 2. The number of phenolic OH excluding ortho intramolecular Hbond substituents is 1. The number of phenols is 1. The molecule has 2 aromatic rings. The van der Waals surface area contributed by atoms with Crippen LogP contribution >= 0.6 is 0 Å². The Morgan fingerprint density at radius 2 is 1.97 bits per heavy atom. The molecule has 168 valence electrons. The van der Waals surface area contributed by atoms with Crippen LogP contribution in [-0.4, -0.2) is 46.2 Å². The van der Waals surface area contributed by atoms with Crippen molar-refractivity contribution in [2.75, 3.05) is 19.4 Å². The average molecular weight is 469 g/mol. The van der Waals surface area contributed by atoms with Gasteiger partial charge >= 0.3 is 0 Å². The number of amidine groups is 1. The molecule has 0 aliphatic carbocycles. The van der Waals surface area contributed by atoms with E-state index in [0.717, 1.165) is 9.71 Å². The summed E-state index contributed by atoms with van der Waals surface area (Å²) in [6, 6.07) is 7.25. The van der Waals surface area contributed by atoms with Gasteiger partial charge in [-0.3, -0.25) is 9.71 Å². The second kappa shape index (κ2) is 8.36. The molecule has 1 atom stereocenters. The Labute approximate surface area is 181 Å². The van der Waals surface area contributed by atoms with Gasteiger partial charge in [-0.25, -0.2) is 21.1 Å². The Morgan fingerprint density at radius 3 is 2.55 bits per heavy atom. The Hall–Kier alpha value is -2.83. The minimum absolute atomic E-state index is 0.0164. The molecule has 0 spiro atoms. The molecule has 0 bridgehead atoms. The predicted molar refractivity (Wildman–Crippen MR) is 117 cm³/mol. The molecule has 3 N–H and O–H groups in total. The summed E-state index contributed by atoms with van der Waals surface area (Å²) in [5.41, 5.74) is 0.0825. The summed E-state index contributed by atoms with van der Waals surface area (Å²) in [6.07, 6.45) is 0.549. The summed E-state index contributed by atoms with van der Waals surface area (Å²) in [5.74, 6) is 0.786. The minimum Gasteiger partial charge on any atom is -0.504 e. The van der Waals surface area contributed by atoms with E-state index in [1.54, 1.807) is 19.1 Å². The van der Waals surface area contributed by atoms with E-state index in [1.165, 1.54) is 32.3 Å². The number of aliphatic imine (C=N–C) groups is 1. The molecule has 0 fully saturated rings. The standard InChI is InChI=1S/C19H24N4O6S2/c1-5-13(16-10-9-12(2)29-16)21-19-15(11-30(25,26)22-19)20-14-7-6-8-17(18(14)24)31(27,28)23(3)4/h6-11,13,20,24H,5H2,1-4H3,(H,21,22)/t13-/m1/s1. The molecule has 0 saturated carbocycles. The van der Waals surface area contributed by atoms with Crippen molar-refractivity contribution < 1.29 is 26.4 Å². The van der Waals surface area contributed by atoms with Gasteiger partial charge in [0, 0.05) is 14.1 Å². The number of aromatic hydroxyl groups is 1. The molecule has 0 radical (unpaired) electrons. The number of para-hydroxylation sites is 1. The molecule has 1 aliphatic rings. The van der Waals surface area contributed by atoms with Crippen LogP contribution in [0.5, 0.6) is 5.75 Å². The lowest BCUT2D eigenvalue weighted by atomic mass is 10.2. The third-order valence-electron chi connectivity index (χ3n) is 4.56. The van der Waals surface area contributed by atoms with E-state index in [4.69, 9.17) is 4.42 Å². The van der Waals surface area contributed by atoms with Crippen molar-refractivity contribution in [3.05, 3.63) is 53.0 Å². The van der Waals surface area contributed by atoms with Crippen LogP contribution in [0.2, 0.25) is 0 Å². The smallest absolute Gasteiger partial charge is 0.258 e. The highest BCUT2D eigenvalue weighted by Gasteiger charge is 2.28. The second-order valence-corrected chi connectivity index (χ2v) is 10.7. The van der Waals surface area contributed by atoms with Crippen LogP contribution in [0.4, 0.5) is 5.69 Å². The first-order valence-electron chi connectivity index (χ1n) is 9.35. The number of anilines is 1. The van der Waals surface area contributed by atoms with Crippen LogP contribution in [0.3, 0.4) is 0 Å². The number of furan rings is 1. The van der Waals surface area contributed by atoms with Crippen molar-refractivity contribution in [2.45, 2.75) is 31.2 Å². The summed E-state index contributed by atoms with van der Waals surface area (Å²) >= 11 is 0. The zero-order valence-corrected chi connectivity index (χ0v) is 19.1. The van der Waals surface area contributed by atoms with Gasteiger partial charge in [-0.15, -0.1) is 0 Å². The number of benzene rings is 1. The third-order valence-corrected chi connectivity index (χ3v) is 7.43. The Balaban J connectivity index is 2.00. The first-order chi connectivity index (χ1) is 14.4. The average Bonchev–Trinajstić information content (AvgIpc) is 3.23. The SMILES string of the molecule is CC[C@@H](N=C1NS(=O)(=O)C=C1Nc1cccc(S(=O)(=O)N(C)C)c1O)c1ccc(C)o1. The van der Waals surface area contributed by atoms with Gasteiger partial charge in [0.05, 0.1) is 16.8 Å². The van der Waals surface area contributed by atoms with Gasteiger partial charge in [-0.05, 0) is 37.6 Å². The molecule has 2 heterocycles. The molecule has 1 aliphatic heterocycles. The Morgan fingerprint density at radius 1 is 1.26 bits per heavy atom. The number of rotatable bonds is 7. The number of aryl methyl sites for hydroxylation is 1. The molecular weight excluding hydrogens is 444 g/mol. The lowest BCUT2D eigenvalue weighted by Gasteiger charge is -2.16. The molecule has 10 nitrogen and oxygen atoms in total. The fraction of sp³-hybridized carbons (Fsp3) is 0.316. The molecule has 1 aromatic heterocycles. The van der Waals surface area contributed by atoms with E-state index in [-0.39, 0.29) is 22.1 Å². The van der Waals surface area contributed by atoms with Crippen LogP contribution < -0.4 is 10.0 Å². The Bertz CT molecular complexity index is 1260. The maximum Gasteiger partial charge on any atom is 0.258 e. The van der Waals surface area contributed by atoms with E-state index in [2.05, 4.69) is 15.0 Å². The van der Waals surface area contributed by atoms with Gasteiger partial charge in [0.25, 0.3) is 10.0 Å². The molecule has 0 amide bonds. The highest BCUT2D eigenvalue weighted by molar-refractivity contribution is 7.93. The summed E-state index contributed by atoms with van der Waals surface area (Å²) in [5, 5.41) is 14.2. The molecular formula is C19H24N4O6S2. The van der Waals surface area contributed by atoms with Gasteiger partial charge in [0.1, 0.15) is 22.5 Å². The number of nitrogens with one attached hydrogen (secondary N) is 2. The number of nitrogens with zero attached hydrogens (tertiary/aromatic N) is 2. The fourth-order valence-electron chi connectivity index (χ4n) is 2.93. The van der Waals surface area contributed by atoms with Crippen LogP contribution in [0.15, 0.2) is 55.7 Å². The van der Waals surface area contributed by atoms with E-state index < -0.39 is 31.8 Å². The second-order valence-electron chi connectivity index (χ2n) is 7.09. The van der Waals surface area contributed by atoms with Crippen LogP contribution in [0.1, 0.15) is 30.9 Å². The minimum atomic E-state index is -3.91. The fourth-order valence-corrected chi connectivity index (χ4v) is 4.90. The topological polar surface area (TPSA) is 141 Å². The summed E-state index contributed by atoms with van der Waals surface area (Å²) in [6.45, 7) is 3.68. The van der Waals surface area contributed by atoms with Crippen molar-refractivity contribution >= 4 is 31.6 Å².